The van der Waals surface area contributed by atoms with E-state index in [1.54, 1.807) is 0 Å². The Morgan fingerprint density at radius 2 is 2.47 bits per heavy atom. The van der Waals surface area contributed by atoms with Crippen molar-refractivity contribution >= 4 is 5.97 Å². The first-order chi connectivity index (χ1) is 8.10. The van der Waals surface area contributed by atoms with Crippen molar-refractivity contribution in [2.24, 2.45) is 5.11 Å². The molecule has 0 heterocycles. The average Bonchev–Trinajstić information content (AvgIpc) is 2.30. The number of carboxylic acids is 1. The topological polar surface area (TPSA) is 125 Å². The SMILES string of the molecule is COCOC1CC(C(=O)O)=CC(N=[N+]=[N-])C1O. The third-order valence-corrected chi connectivity index (χ3v) is 2.38. The van der Waals surface area contributed by atoms with Gasteiger partial charge in [-0.2, -0.15) is 0 Å². The highest BCUT2D eigenvalue weighted by Crippen LogP contribution is 2.24. The van der Waals surface area contributed by atoms with Crippen LogP contribution in [0.2, 0.25) is 0 Å². The molecule has 1 aliphatic rings. The van der Waals surface area contributed by atoms with E-state index in [1.165, 1.54) is 13.2 Å². The molecule has 0 radical (unpaired) electrons. The number of nitrogens with zero attached hydrogens (tertiary/aromatic N) is 3. The summed E-state index contributed by atoms with van der Waals surface area (Å²) in [6.07, 6.45) is -0.567. The fourth-order valence-corrected chi connectivity index (χ4v) is 1.56. The van der Waals surface area contributed by atoms with E-state index in [0.717, 1.165) is 0 Å². The van der Waals surface area contributed by atoms with Gasteiger partial charge in [-0.1, -0.05) is 11.2 Å². The largest absolute Gasteiger partial charge is 0.478 e. The summed E-state index contributed by atoms with van der Waals surface area (Å²) >= 11 is 0. The number of aliphatic hydroxyl groups excluding tert-OH is 1. The number of ether oxygens (including phenoxy) is 2. The van der Waals surface area contributed by atoms with Crippen molar-refractivity contribution in [2.75, 3.05) is 13.9 Å². The Balaban J connectivity index is 2.87. The molecular formula is C9H13N3O5. The standard InChI is InChI=1S/C9H13N3O5/c1-16-4-17-7-3-5(9(14)15)2-6(8(7)13)11-12-10/h2,6-8,13H,3-4H2,1H3,(H,14,15). The highest BCUT2D eigenvalue weighted by atomic mass is 16.7. The second kappa shape index (κ2) is 6.21. The molecule has 0 aromatic heterocycles. The van der Waals surface area contributed by atoms with Crippen LogP contribution in [0.1, 0.15) is 6.42 Å². The first kappa shape index (κ1) is 13.5. The van der Waals surface area contributed by atoms with Crippen LogP contribution in [0.3, 0.4) is 0 Å². The Hall–Kier alpha value is -1.60. The highest BCUT2D eigenvalue weighted by molar-refractivity contribution is 5.87. The lowest BCUT2D eigenvalue weighted by Crippen LogP contribution is -2.42. The van der Waals surface area contributed by atoms with Gasteiger partial charge in [-0.3, -0.25) is 0 Å². The zero-order valence-electron chi connectivity index (χ0n) is 9.18. The summed E-state index contributed by atoms with van der Waals surface area (Å²) in [7, 11) is 1.41. The van der Waals surface area contributed by atoms with Crippen LogP contribution in [0.15, 0.2) is 16.8 Å². The molecule has 8 heteroatoms. The van der Waals surface area contributed by atoms with Gasteiger partial charge in [-0.05, 0) is 5.53 Å². The van der Waals surface area contributed by atoms with Gasteiger partial charge in [0.2, 0.25) is 0 Å². The van der Waals surface area contributed by atoms with Crippen molar-refractivity contribution in [1.82, 2.24) is 0 Å². The Morgan fingerprint density at radius 3 is 3.00 bits per heavy atom. The summed E-state index contributed by atoms with van der Waals surface area (Å²) < 4.78 is 9.82. The van der Waals surface area contributed by atoms with Crippen LogP contribution < -0.4 is 0 Å². The van der Waals surface area contributed by atoms with Crippen molar-refractivity contribution in [3.05, 3.63) is 22.1 Å². The number of carbonyl (C=O) groups is 1. The lowest BCUT2D eigenvalue weighted by molar-refractivity contribution is -0.137. The van der Waals surface area contributed by atoms with Gasteiger partial charge in [0.05, 0.1) is 18.2 Å². The van der Waals surface area contributed by atoms with Gasteiger partial charge in [0.25, 0.3) is 0 Å². The summed E-state index contributed by atoms with van der Waals surface area (Å²) in [5.74, 6) is -1.12. The average molecular weight is 243 g/mol. The van der Waals surface area contributed by atoms with Crippen molar-refractivity contribution < 1.29 is 24.5 Å². The van der Waals surface area contributed by atoms with E-state index in [-0.39, 0.29) is 18.8 Å². The third kappa shape index (κ3) is 3.43. The van der Waals surface area contributed by atoms with E-state index in [1.807, 2.05) is 0 Å². The molecule has 0 fully saturated rings. The van der Waals surface area contributed by atoms with Crippen LogP contribution in [0.5, 0.6) is 0 Å². The molecule has 3 atom stereocenters. The lowest BCUT2D eigenvalue weighted by Gasteiger charge is -2.30. The number of hydrogen-bond donors (Lipinski definition) is 2. The summed E-state index contributed by atoms with van der Waals surface area (Å²) in [6.45, 7) is -0.0718. The van der Waals surface area contributed by atoms with Crippen LogP contribution in [0, 0.1) is 0 Å². The summed E-state index contributed by atoms with van der Waals surface area (Å²) in [6, 6.07) is -0.943. The van der Waals surface area contributed by atoms with Gasteiger partial charge in [-0.25, -0.2) is 4.79 Å². The normalized spacial score (nSPS) is 28.1. The zero-order chi connectivity index (χ0) is 12.8. The Bertz CT molecular complexity index is 364. The number of methoxy groups -OCH3 is 1. The molecule has 17 heavy (non-hydrogen) atoms. The molecule has 0 bridgehead atoms. The van der Waals surface area contributed by atoms with Crippen LogP contribution in [0.25, 0.3) is 10.4 Å². The van der Waals surface area contributed by atoms with E-state index in [4.69, 9.17) is 15.4 Å². The predicted molar refractivity (Wildman–Crippen MR) is 56.0 cm³/mol. The van der Waals surface area contributed by atoms with Crippen molar-refractivity contribution in [3.63, 3.8) is 0 Å². The Labute approximate surface area is 97.1 Å². The Kier molecular flexibility index (Phi) is 4.92. The minimum atomic E-state index is -1.12. The fourth-order valence-electron chi connectivity index (χ4n) is 1.56. The third-order valence-electron chi connectivity index (χ3n) is 2.38. The summed E-state index contributed by atoms with van der Waals surface area (Å²) in [5.41, 5.74) is 8.38. The maximum absolute atomic E-state index is 10.9. The molecule has 1 rings (SSSR count). The lowest BCUT2D eigenvalue weighted by atomic mass is 9.91. The molecule has 8 nitrogen and oxygen atoms in total. The fraction of sp³-hybridized carbons (Fsp3) is 0.667. The van der Waals surface area contributed by atoms with Gasteiger partial charge in [0, 0.05) is 24.0 Å². The van der Waals surface area contributed by atoms with Crippen LogP contribution >= 0.6 is 0 Å². The number of rotatable bonds is 5. The second-order valence-electron chi connectivity index (χ2n) is 3.50. The minimum absolute atomic E-state index is 0.0390. The molecule has 1 aliphatic carbocycles. The van der Waals surface area contributed by atoms with Crippen molar-refractivity contribution in [2.45, 2.75) is 24.7 Å². The van der Waals surface area contributed by atoms with Crippen LogP contribution in [-0.4, -0.2) is 48.3 Å². The molecule has 2 N–H and O–H groups in total. The molecule has 3 unspecified atom stereocenters. The minimum Gasteiger partial charge on any atom is -0.478 e. The number of carboxylic acid groups (broad SMARTS) is 1. The van der Waals surface area contributed by atoms with Gasteiger partial charge >= 0.3 is 5.97 Å². The van der Waals surface area contributed by atoms with Crippen molar-refractivity contribution in [1.29, 1.82) is 0 Å². The molecular weight excluding hydrogens is 230 g/mol. The smallest absolute Gasteiger partial charge is 0.331 e. The molecule has 0 saturated heterocycles. The zero-order valence-corrected chi connectivity index (χ0v) is 9.18. The van der Waals surface area contributed by atoms with Gasteiger partial charge in [0.1, 0.15) is 6.79 Å². The predicted octanol–water partition coefficient (Wildman–Crippen LogP) is 0.430. The summed E-state index contributed by atoms with van der Waals surface area (Å²) in [4.78, 5) is 13.4. The van der Waals surface area contributed by atoms with E-state index in [2.05, 4.69) is 14.8 Å². The molecule has 0 aromatic carbocycles. The maximum atomic E-state index is 10.9. The van der Waals surface area contributed by atoms with Gasteiger partial charge in [-0.15, -0.1) is 0 Å². The quantitative estimate of drug-likeness (QED) is 0.313. The van der Waals surface area contributed by atoms with E-state index >= 15 is 0 Å². The Morgan fingerprint density at radius 1 is 1.76 bits per heavy atom. The molecule has 0 amide bonds. The second-order valence-corrected chi connectivity index (χ2v) is 3.50. The number of hydrogen-bond acceptors (Lipinski definition) is 5. The molecule has 94 valence electrons. The first-order valence-corrected chi connectivity index (χ1v) is 4.87. The molecule has 0 aliphatic heterocycles. The van der Waals surface area contributed by atoms with Crippen molar-refractivity contribution in [3.8, 4) is 0 Å². The van der Waals surface area contributed by atoms with Gasteiger partial charge in [0.15, 0.2) is 0 Å². The molecule has 0 aromatic rings. The van der Waals surface area contributed by atoms with E-state index in [9.17, 15) is 9.90 Å². The summed E-state index contributed by atoms with van der Waals surface area (Å²) in [5, 5.41) is 22.0. The molecule has 0 spiro atoms. The van der Waals surface area contributed by atoms with E-state index in [0.29, 0.717) is 0 Å². The number of azide groups is 1. The molecule has 0 saturated carbocycles. The highest BCUT2D eigenvalue weighted by Gasteiger charge is 2.34. The van der Waals surface area contributed by atoms with Crippen LogP contribution in [-0.2, 0) is 14.3 Å². The monoisotopic (exact) mass is 243 g/mol. The van der Waals surface area contributed by atoms with Crippen LogP contribution in [0.4, 0.5) is 0 Å². The first-order valence-electron chi connectivity index (χ1n) is 4.87. The van der Waals surface area contributed by atoms with E-state index < -0.39 is 24.2 Å². The number of aliphatic hydroxyl groups is 1. The maximum Gasteiger partial charge on any atom is 0.331 e. The van der Waals surface area contributed by atoms with Gasteiger partial charge < -0.3 is 19.7 Å². The number of aliphatic carboxylic acids is 1.